The molecule has 90 heavy (non-hydrogen) atoms. The van der Waals surface area contributed by atoms with E-state index in [0.29, 0.717) is 0 Å². The molecule has 0 aliphatic rings. The normalized spacial score (nSPS) is 12.2. The summed E-state index contributed by atoms with van der Waals surface area (Å²) in [6.45, 7) is 0. The molecule has 6 nitrogen and oxygen atoms in total. The maximum absolute atomic E-state index is 2.54. The SMILES string of the molecule is c1ccc(-n2c3ccccc3c3c2ccc2c4c(-c5cccc6c5c5ccccc5n6-c5ccc(-n6c7ccccc7c7c6ccc6c8ccccc8n(-c8ccccc8)c67)cc5)cccc4n(-c4ccc(-n5c6ccccc6c6ccccc65)cc4)c23)cc1. The van der Waals surface area contributed by atoms with Crippen LogP contribution in [0.4, 0.5) is 0 Å². The third-order valence-corrected chi connectivity index (χ3v) is 19.4. The van der Waals surface area contributed by atoms with Crippen molar-refractivity contribution in [1.29, 1.82) is 0 Å². The molecule has 0 aliphatic carbocycles. The lowest BCUT2D eigenvalue weighted by Crippen LogP contribution is -1.98. The highest BCUT2D eigenvalue weighted by molar-refractivity contribution is 6.30. The lowest BCUT2D eigenvalue weighted by Gasteiger charge is -2.13. The van der Waals surface area contributed by atoms with Crippen LogP contribution in [0.1, 0.15) is 0 Å². The van der Waals surface area contributed by atoms with Gasteiger partial charge in [0.1, 0.15) is 0 Å². The molecule has 418 valence electrons. The Labute approximate surface area is 516 Å². The van der Waals surface area contributed by atoms with E-state index in [2.05, 4.69) is 343 Å². The quantitative estimate of drug-likeness (QED) is 0.152. The molecule has 6 aromatic heterocycles. The molecule has 0 amide bonds. The van der Waals surface area contributed by atoms with Gasteiger partial charge in [0.05, 0.1) is 66.2 Å². The molecule has 0 atom stereocenters. The zero-order valence-corrected chi connectivity index (χ0v) is 48.7. The molecule has 0 saturated heterocycles. The van der Waals surface area contributed by atoms with Crippen LogP contribution in [0, 0.1) is 0 Å². The Balaban J connectivity index is 0.792. The predicted octanol–water partition coefficient (Wildman–Crippen LogP) is 21.9. The van der Waals surface area contributed by atoms with E-state index >= 15 is 0 Å². The zero-order chi connectivity index (χ0) is 58.7. The summed E-state index contributed by atoms with van der Waals surface area (Å²) in [4.78, 5) is 0. The van der Waals surface area contributed by atoms with Crippen molar-refractivity contribution in [3.8, 4) is 45.3 Å². The molecule has 0 bridgehead atoms. The highest BCUT2D eigenvalue weighted by Gasteiger charge is 2.26. The van der Waals surface area contributed by atoms with Crippen LogP contribution in [0.15, 0.2) is 315 Å². The Morgan fingerprint density at radius 3 is 0.844 bits per heavy atom. The molecule has 0 spiro atoms. The topological polar surface area (TPSA) is 29.6 Å². The van der Waals surface area contributed by atoms with E-state index in [9.17, 15) is 0 Å². The maximum Gasteiger partial charge on any atom is 0.0641 e. The highest BCUT2D eigenvalue weighted by atomic mass is 15.0. The minimum atomic E-state index is 1.10. The first-order valence-electron chi connectivity index (χ1n) is 31.0. The second-order valence-corrected chi connectivity index (χ2v) is 23.9. The van der Waals surface area contributed by atoms with Crippen molar-refractivity contribution >= 4 is 131 Å². The van der Waals surface area contributed by atoms with Crippen molar-refractivity contribution in [2.45, 2.75) is 0 Å². The van der Waals surface area contributed by atoms with Gasteiger partial charge in [0.15, 0.2) is 0 Å². The van der Waals surface area contributed by atoms with Gasteiger partial charge in [-0.05, 0) is 145 Å². The van der Waals surface area contributed by atoms with Crippen molar-refractivity contribution in [3.05, 3.63) is 315 Å². The smallest absolute Gasteiger partial charge is 0.0641 e. The van der Waals surface area contributed by atoms with Crippen LogP contribution >= 0.6 is 0 Å². The van der Waals surface area contributed by atoms with Gasteiger partial charge in [0.25, 0.3) is 0 Å². The van der Waals surface area contributed by atoms with Crippen LogP contribution in [0.25, 0.3) is 176 Å². The lowest BCUT2D eigenvalue weighted by molar-refractivity contribution is 1.14. The molecule has 0 radical (unpaired) electrons. The van der Waals surface area contributed by atoms with E-state index < -0.39 is 0 Å². The number of hydrogen-bond acceptors (Lipinski definition) is 0. The summed E-state index contributed by atoms with van der Waals surface area (Å²) in [5, 5.41) is 14.8. The van der Waals surface area contributed by atoms with Crippen LogP contribution in [0.5, 0.6) is 0 Å². The number of fused-ring (bicyclic) bond motifs is 20. The number of hydrogen-bond donors (Lipinski definition) is 0. The maximum atomic E-state index is 2.54. The number of aromatic nitrogens is 6. The Morgan fingerprint density at radius 1 is 0.133 bits per heavy atom. The number of nitrogens with zero attached hydrogens (tertiary/aromatic N) is 6. The summed E-state index contributed by atoms with van der Waals surface area (Å²) in [6.07, 6.45) is 0. The van der Waals surface area contributed by atoms with Crippen molar-refractivity contribution < 1.29 is 0 Å². The monoisotopic (exact) mass is 1140 g/mol. The third kappa shape index (κ3) is 6.71. The Morgan fingerprint density at radius 2 is 0.389 bits per heavy atom. The van der Waals surface area contributed by atoms with Crippen molar-refractivity contribution in [2.24, 2.45) is 0 Å². The lowest BCUT2D eigenvalue weighted by atomic mass is 9.95. The second-order valence-electron chi connectivity index (χ2n) is 23.9. The standard InChI is InChI=1S/C84H52N6/c1-3-21-53(22-4-1)86-73-37-17-12-30-67(73)82-78(86)52-50-68-80-63(32-20-40-76(80)90(84(68)82)58-47-45-55(46-48-58)85-69-33-13-7-25-59(69)60-26-8-14-34-70(60)85)62-31-19-39-75-79(62)65-28-10-16-36-72(65)87(75)56-41-43-57(44-42-56)88-74-38-18-11-29-66(74)81-77(88)51-49-64-61-27-9-15-35-71(61)89(83(64)81)54-23-5-2-6-24-54/h1-52H. The molecule has 14 aromatic carbocycles. The largest absolute Gasteiger partial charge is 0.309 e. The number of para-hydroxylation sites is 8. The van der Waals surface area contributed by atoms with Crippen molar-refractivity contribution in [3.63, 3.8) is 0 Å². The highest BCUT2D eigenvalue weighted by Crippen LogP contribution is 2.49. The van der Waals surface area contributed by atoms with Gasteiger partial charge < -0.3 is 27.4 Å². The molecular weight excluding hydrogens is 1090 g/mol. The molecule has 0 N–H and O–H groups in total. The predicted molar refractivity (Wildman–Crippen MR) is 378 cm³/mol. The van der Waals surface area contributed by atoms with Crippen LogP contribution in [-0.2, 0) is 0 Å². The van der Waals surface area contributed by atoms with Crippen molar-refractivity contribution in [1.82, 2.24) is 27.4 Å². The summed E-state index contributed by atoms with van der Waals surface area (Å²) in [5.41, 5.74) is 23.3. The summed E-state index contributed by atoms with van der Waals surface area (Å²) < 4.78 is 14.8. The fraction of sp³-hybridized carbons (Fsp3) is 0. The zero-order valence-electron chi connectivity index (χ0n) is 48.7. The van der Waals surface area contributed by atoms with Gasteiger partial charge in [-0.1, -0.05) is 182 Å². The van der Waals surface area contributed by atoms with Gasteiger partial charge in [-0.2, -0.15) is 0 Å². The van der Waals surface area contributed by atoms with Crippen LogP contribution in [0.2, 0.25) is 0 Å². The molecule has 0 saturated carbocycles. The van der Waals surface area contributed by atoms with E-state index in [0.717, 1.165) is 50.7 Å². The average Bonchev–Trinajstić information content (AvgIpc) is 1.55. The van der Waals surface area contributed by atoms with Gasteiger partial charge >= 0.3 is 0 Å². The Kier molecular flexibility index (Phi) is 10.2. The molecule has 0 fully saturated rings. The Bertz CT molecular complexity index is 6310. The first-order chi connectivity index (χ1) is 44.7. The number of rotatable bonds is 7. The fourth-order valence-electron chi connectivity index (χ4n) is 15.8. The van der Waals surface area contributed by atoms with Crippen LogP contribution < -0.4 is 0 Å². The van der Waals surface area contributed by atoms with Gasteiger partial charge in [0, 0.05) is 98.8 Å². The van der Waals surface area contributed by atoms with Gasteiger partial charge in [-0.15, -0.1) is 0 Å². The molecule has 20 aromatic rings. The van der Waals surface area contributed by atoms with Crippen molar-refractivity contribution in [2.75, 3.05) is 0 Å². The third-order valence-electron chi connectivity index (χ3n) is 19.4. The van der Waals surface area contributed by atoms with E-state index in [1.54, 1.807) is 0 Å². The van der Waals surface area contributed by atoms with Gasteiger partial charge in [-0.3, -0.25) is 0 Å². The minimum absolute atomic E-state index is 1.10. The van der Waals surface area contributed by atoms with E-state index in [-0.39, 0.29) is 0 Å². The summed E-state index contributed by atoms with van der Waals surface area (Å²) in [7, 11) is 0. The van der Waals surface area contributed by atoms with E-state index in [4.69, 9.17) is 0 Å². The van der Waals surface area contributed by atoms with E-state index in [1.807, 2.05) is 0 Å². The van der Waals surface area contributed by atoms with Gasteiger partial charge in [-0.25, -0.2) is 0 Å². The molecule has 0 aliphatic heterocycles. The summed E-state index contributed by atoms with van der Waals surface area (Å²) in [6, 6.07) is 117. The molecule has 0 unspecified atom stereocenters. The Hall–Kier alpha value is -12.1. The molecule has 6 heterocycles. The minimum Gasteiger partial charge on any atom is -0.309 e. The summed E-state index contributed by atoms with van der Waals surface area (Å²) in [5.74, 6) is 0. The molecule has 20 rings (SSSR count). The first kappa shape index (κ1) is 49.0. The van der Waals surface area contributed by atoms with Gasteiger partial charge in [0.2, 0.25) is 0 Å². The van der Waals surface area contributed by atoms with E-state index in [1.165, 1.54) is 125 Å². The van der Waals surface area contributed by atoms with Crippen LogP contribution in [-0.4, -0.2) is 27.4 Å². The summed E-state index contributed by atoms with van der Waals surface area (Å²) >= 11 is 0. The first-order valence-corrected chi connectivity index (χ1v) is 31.0. The van der Waals surface area contributed by atoms with Crippen LogP contribution in [0.3, 0.4) is 0 Å². The average molecular weight is 1150 g/mol. The molecular formula is C84H52N6. The number of benzene rings is 14. The fourth-order valence-corrected chi connectivity index (χ4v) is 15.8. The second kappa shape index (κ2) is 18.7. The molecule has 6 heteroatoms.